The van der Waals surface area contributed by atoms with E-state index in [0.717, 1.165) is 13.2 Å². The van der Waals surface area contributed by atoms with Crippen LogP contribution in [-0.4, -0.2) is 13.1 Å². The minimum absolute atomic E-state index is 0.0812. The van der Waals surface area contributed by atoms with Gasteiger partial charge in [0.2, 0.25) is 0 Å². The number of hydrogen-bond donors (Lipinski definition) is 1. The number of benzene rings is 1. The molecular formula is C10H9F4NO2. The zero-order valence-electron chi connectivity index (χ0n) is 8.72. The predicted octanol–water partition coefficient (Wildman–Crippen LogP) is 2.02. The molecule has 0 aliphatic carbocycles. The summed E-state index contributed by atoms with van der Waals surface area (Å²) in [5, 5.41) is 0. The van der Waals surface area contributed by atoms with Gasteiger partial charge in [0.25, 0.3) is 0 Å². The molecule has 1 atom stereocenters. The maximum Gasteiger partial charge on any atom is 0.419 e. The lowest BCUT2D eigenvalue weighted by Crippen LogP contribution is -2.23. The Morgan fingerprint density at radius 1 is 1.41 bits per heavy atom. The summed E-state index contributed by atoms with van der Waals surface area (Å²) in [5.41, 5.74) is 3.87. The van der Waals surface area contributed by atoms with Crippen molar-refractivity contribution in [3.05, 3.63) is 35.1 Å². The minimum Gasteiger partial charge on any atom is -0.468 e. The molecule has 0 aliphatic heterocycles. The van der Waals surface area contributed by atoms with E-state index in [9.17, 15) is 22.4 Å². The van der Waals surface area contributed by atoms with Gasteiger partial charge in [-0.25, -0.2) is 4.39 Å². The molecule has 0 heterocycles. The van der Waals surface area contributed by atoms with E-state index in [4.69, 9.17) is 5.73 Å². The van der Waals surface area contributed by atoms with Gasteiger partial charge in [-0.1, -0.05) is 6.07 Å². The molecule has 3 nitrogen and oxygen atoms in total. The summed E-state index contributed by atoms with van der Waals surface area (Å²) in [6, 6.07) is 0.738. The van der Waals surface area contributed by atoms with Crippen LogP contribution >= 0.6 is 0 Å². The summed E-state index contributed by atoms with van der Waals surface area (Å²) in [6.07, 6.45) is -4.78. The molecule has 7 heteroatoms. The smallest absolute Gasteiger partial charge is 0.419 e. The number of esters is 1. The third-order valence-electron chi connectivity index (χ3n) is 2.11. The molecule has 1 aromatic carbocycles. The number of rotatable bonds is 2. The van der Waals surface area contributed by atoms with Crippen LogP contribution in [0.15, 0.2) is 18.2 Å². The van der Waals surface area contributed by atoms with Gasteiger partial charge in [0.15, 0.2) is 0 Å². The van der Waals surface area contributed by atoms with Crippen LogP contribution in [0.25, 0.3) is 0 Å². The lowest BCUT2D eigenvalue weighted by Gasteiger charge is -2.12. The Hall–Kier alpha value is -1.63. The van der Waals surface area contributed by atoms with Crippen molar-refractivity contribution >= 4 is 5.97 Å². The van der Waals surface area contributed by atoms with Crippen molar-refractivity contribution in [3.8, 4) is 0 Å². The van der Waals surface area contributed by atoms with Gasteiger partial charge >= 0.3 is 12.1 Å². The van der Waals surface area contributed by atoms with E-state index in [2.05, 4.69) is 4.74 Å². The van der Waals surface area contributed by atoms with E-state index in [1.165, 1.54) is 0 Å². The Morgan fingerprint density at radius 2 is 2.00 bits per heavy atom. The zero-order chi connectivity index (χ0) is 13.2. The molecule has 17 heavy (non-hydrogen) atoms. The van der Waals surface area contributed by atoms with Gasteiger partial charge in [-0.05, 0) is 17.7 Å². The summed E-state index contributed by atoms with van der Waals surface area (Å²) in [6.45, 7) is 0. The van der Waals surface area contributed by atoms with Gasteiger partial charge in [0.1, 0.15) is 11.9 Å². The number of nitrogens with two attached hydrogens (primary N) is 1. The number of ether oxygens (including phenoxy) is 1. The molecule has 0 spiro atoms. The highest BCUT2D eigenvalue weighted by Crippen LogP contribution is 2.32. The Balaban J connectivity index is 3.09. The standard InChI is InChI=1S/C10H9F4NO2/c1-17-9(16)8(15)5-2-3-6(7(11)4-5)10(12,13)14/h2-4,8H,15H2,1H3/t8-/m1/s1. The molecule has 0 saturated carbocycles. The summed E-state index contributed by atoms with van der Waals surface area (Å²) >= 11 is 0. The highest BCUT2D eigenvalue weighted by atomic mass is 19.4. The molecule has 0 bridgehead atoms. The summed E-state index contributed by atoms with van der Waals surface area (Å²) in [4.78, 5) is 11.0. The van der Waals surface area contributed by atoms with Crippen LogP contribution in [0.1, 0.15) is 17.2 Å². The van der Waals surface area contributed by atoms with Crippen LogP contribution in [0.5, 0.6) is 0 Å². The maximum absolute atomic E-state index is 13.1. The van der Waals surface area contributed by atoms with Gasteiger partial charge < -0.3 is 10.5 Å². The Morgan fingerprint density at radius 3 is 2.41 bits per heavy atom. The molecule has 2 N–H and O–H groups in total. The quantitative estimate of drug-likeness (QED) is 0.646. The van der Waals surface area contributed by atoms with Crippen molar-refractivity contribution in [1.29, 1.82) is 0 Å². The van der Waals surface area contributed by atoms with Crippen molar-refractivity contribution in [3.63, 3.8) is 0 Å². The molecule has 0 unspecified atom stereocenters. The first-order valence-electron chi connectivity index (χ1n) is 4.47. The number of halogens is 4. The molecule has 0 aliphatic rings. The fourth-order valence-corrected chi connectivity index (χ4v) is 1.22. The van der Waals surface area contributed by atoms with Crippen molar-refractivity contribution in [1.82, 2.24) is 0 Å². The number of carbonyl (C=O) groups is 1. The maximum atomic E-state index is 13.1. The van der Waals surface area contributed by atoms with Crippen LogP contribution < -0.4 is 5.73 Å². The van der Waals surface area contributed by atoms with E-state index in [1.54, 1.807) is 0 Å². The first-order valence-corrected chi connectivity index (χ1v) is 4.47. The highest BCUT2D eigenvalue weighted by Gasteiger charge is 2.34. The van der Waals surface area contributed by atoms with Crippen molar-refractivity contribution in [2.75, 3.05) is 7.11 Å². The molecule has 0 amide bonds. The summed E-state index contributed by atoms with van der Waals surface area (Å²) in [7, 11) is 1.07. The largest absolute Gasteiger partial charge is 0.468 e. The normalized spacial score (nSPS) is 13.3. The Kier molecular flexibility index (Phi) is 3.72. The van der Waals surface area contributed by atoms with Crippen molar-refractivity contribution < 1.29 is 27.1 Å². The molecule has 0 saturated heterocycles. The van der Waals surface area contributed by atoms with Gasteiger partial charge in [-0.15, -0.1) is 0 Å². The van der Waals surface area contributed by atoms with Gasteiger partial charge in [0, 0.05) is 0 Å². The fraction of sp³-hybridized carbons (Fsp3) is 0.300. The fourth-order valence-electron chi connectivity index (χ4n) is 1.22. The molecule has 0 aromatic heterocycles. The van der Waals surface area contributed by atoms with E-state index in [-0.39, 0.29) is 5.56 Å². The first kappa shape index (κ1) is 13.4. The lowest BCUT2D eigenvalue weighted by molar-refractivity contribution is -0.142. The molecular weight excluding hydrogens is 242 g/mol. The van der Waals surface area contributed by atoms with E-state index in [1.807, 2.05) is 0 Å². The third-order valence-corrected chi connectivity index (χ3v) is 2.11. The van der Waals surface area contributed by atoms with Gasteiger partial charge in [0.05, 0.1) is 12.7 Å². The second kappa shape index (κ2) is 4.70. The predicted molar refractivity (Wildman–Crippen MR) is 50.3 cm³/mol. The topological polar surface area (TPSA) is 52.3 Å². The Labute approximate surface area is 94.2 Å². The second-order valence-electron chi connectivity index (χ2n) is 3.24. The van der Waals surface area contributed by atoms with E-state index in [0.29, 0.717) is 12.1 Å². The molecule has 94 valence electrons. The molecule has 1 aromatic rings. The molecule has 0 fully saturated rings. The SMILES string of the molecule is COC(=O)[C@H](N)c1ccc(C(F)(F)F)c(F)c1. The molecule has 1 rings (SSSR count). The molecule has 0 radical (unpaired) electrons. The Bertz CT molecular complexity index is 431. The minimum atomic E-state index is -4.78. The summed E-state index contributed by atoms with van der Waals surface area (Å²) < 4.78 is 54.2. The average Bonchev–Trinajstić information content (AvgIpc) is 2.25. The zero-order valence-corrected chi connectivity index (χ0v) is 8.72. The van der Waals surface area contributed by atoms with Crippen LogP contribution in [-0.2, 0) is 15.7 Å². The third kappa shape index (κ3) is 2.94. The first-order chi connectivity index (χ1) is 7.77. The number of alkyl halides is 3. The number of carbonyl (C=O) groups excluding carboxylic acids is 1. The number of methoxy groups -OCH3 is 1. The van der Waals surface area contributed by atoms with Crippen LogP contribution in [0.2, 0.25) is 0 Å². The van der Waals surface area contributed by atoms with Crippen molar-refractivity contribution in [2.45, 2.75) is 12.2 Å². The van der Waals surface area contributed by atoms with Crippen molar-refractivity contribution in [2.24, 2.45) is 5.73 Å². The average molecular weight is 251 g/mol. The monoisotopic (exact) mass is 251 g/mol. The van der Waals surface area contributed by atoms with Crippen LogP contribution in [0.3, 0.4) is 0 Å². The lowest BCUT2D eigenvalue weighted by atomic mass is 10.0. The van der Waals surface area contributed by atoms with Gasteiger partial charge in [-0.2, -0.15) is 13.2 Å². The second-order valence-corrected chi connectivity index (χ2v) is 3.24. The van der Waals surface area contributed by atoms with E-state index >= 15 is 0 Å². The number of hydrogen-bond acceptors (Lipinski definition) is 3. The summed E-state index contributed by atoms with van der Waals surface area (Å²) in [5.74, 6) is -2.33. The van der Waals surface area contributed by atoms with E-state index < -0.39 is 29.6 Å². The van der Waals surface area contributed by atoms with Crippen LogP contribution in [0, 0.1) is 5.82 Å². The van der Waals surface area contributed by atoms with Gasteiger partial charge in [-0.3, -0.25) is 4.79 Å². The van der Waals surface area contributed by atoms with Crippen LogP contribution in [0.4, 0.5) is 17.6 Å². The highest BCUT2D eigenvalue weighted by molar-refractivity contribution is 5.77.